The summed E-state index contributed by atoms with van der Waals surface area (Å²) in [5, 5.41) is 12.6. The average Bonchev–Trinajstić information content (AvgIpc) is 2.32. The first-order valence-corrected chi connectivity index (χ1v) is 6.28. The van der Waals surface area contributed by atoms with Gasteiger partial charge in [0.2, 0.25) is 0 Å². The molecule has 1 aliphatic heterocycles. The molecule has 0 saturated carbocycles. The van der Waals surface area contributed by atoms with E-state index in [2.05, 4.69) is 21.2 Å². The van der Waals surface area contributed by atoms with Crippen molar-refractivity contribution in [3.05, 3.63) is 34.3 Å². The second-order valence-electron chi connectivity index (χ2n) is 3.72. The van der Waals surface area contributed by atoms with Crippen LogP contribution in [0.5, 0.6) is 0 Å². The highest BCUT2D eigenvalue weighted by Gasteiger charge is 1.97. The second-order valence-corrected chi connectivity index (χ2v) is 4.64. The predicted octanol–water partition coefficient (Wildman–Crippen LogP) is 0.546. The highest BCUT2D eigenvalue weighted by atomic mass is 79.9. The normalized spacial score (nSPS) is 14.8. The van der Waals surface area contributed by atoms with Gasteiger partial charge in [-0.1, -0.05) is 28.1 Å². The largest absolute Gasteiger partial charge is 0.545 e. The molecule has 1 aliphatic rings. The van der Waals surface area contributed by atoms with Gasteiger partial charge in [0.15, 0.2) is 0 Å². The van der Waals surface area contributed by atoms with Crippen LogP contribution in [0.15, 0.2) is 28.7 Å². The van der Waals surface area contributed by atoms with Crippen molar-refractivity contribution in [2.75, 3.05) is 13.1 Å². The number of hydrogen-bond acceptors (Lipinski definition) is 2. The minimum atomic E-state index is -1.15. The number of quaternary nitrogens is 1. The Hall–Kier alpha value is -0.870. The maximum atomic E-state index is 10.2. The number of halogens is 1. The fraction of sp³-hybridized carbons (Fsp3) is 0.417. The van der Waals surface area contributed by atoms with E-state index in [4.69, 9.17) is 0 Å². The highest BCUT2D eigenvalue weighted by molar-refractivity contribution is 9.10. The molecule has 1 saturated heterocycles. The summed E-state index contributed by atoms with van der Waals surface area (Å²) in [5.41, 5.74) is 0.197. The molecule has 0 amide bonds. The summed E-state index contributed by atoms with van der Waals surface area (Å²) in [4.78, 5) is 10.2. The Labute approximate surface area is 104 Å². The quantitative estimate of drug-likeness (QED) is 0.819. The zero-order chi connectivity index (χ0) is 11.8. The van der Waals surface area contributed by atoms with E-state index < -0.39 is 5.97 Å². The van der Waals surface area contributed by atoms with Gasteiger partial charge in [-0.2, -0.15) is 0 Å². The predicted molar refractivity (Wildman–Crippen MR) is 64.0 cm³/mol. The van der Waals surface area contributed by atoms with Crippen LogP contribution < -0.4 is 10.4 Å². The van der Waals surface area contributed by atoms with Crippen LogP contribution in [0.3, 0.4) is 0 Å². The molecule has 0 unspecified atom stereocenters. The molecule has 0 bridgehead atoms. The number of carbonyl (C=O) groups excluding carboxylic acids is 1. The van der Waals surface area contributed by atoms with Crippen LogP contribution >= 0.6 is 15.9 Å². The summed E-state index contributed by atoms with van der Waals surface area (Å²) in [6.45, 7) is 2.75. The summed E-state index contributed by atoms with van der Waals surface area (Å²) < 4.78 is 0.859. The van der Waals surface area contributed by atoms with Gasteiger partial charge in [-0.05, 0) is 37.0 Å². The molecule has 1 fully saturated rings. The zero-order valence-corrected chi connectivity index (χ0v) is 10.7. The van der Waals surface area contributed by atoms with Crippen LogP contribution in [0.25, 0.3) is 0 Å². The number of nitrogens with two attached hydrogens (primary N) is 1. The zero-order valence-electron chi connectivity index (χ0n) is 9.12. The lowest BCUT2D eigenvalue weighted by molar-refractivity contribution is -0.662. The number of carboxylic acids is 1. The van der Waals surface area contributed by atoms with Crippen molar-refractivity contribution in [1.29, 1.82) is 0 Å². The van der Waals surface area contributed by atoms with Crippen LogP contribution in [0, 0.1) is 0 Å². The Kier molecular flexibility index (Phi) is 6.11. The lowest BCUT2D eigenvalue weighted by Crippen LogP contribution is -2.85. The van der Waals surface area contributed by atoms with Gasteiger partial charge < -0.3 is 15.2 Å². The van der Waals surface area contributed by atoms with Crippen molar-refractivity contribution >= 4 is 21.9 Å². The number of benzene rings is 1. The highest BCUT2D eigenvalue weighted by Crippen LogP contribution is 2.09. The molecule has 0 radical (unpaired) electrons. The third kappa shape index (κ3) is 5.28. The Bertz CT molecular complexity index is 309. The van der Waals surface area contributed by atoms with Gasteiger partial charge in [0.05, 0.1) is 19.1 Å². The first-order valence-electron chi connectivity index (χ1n) is 5.49. The molecule has 0 aliphatic carbocycles. The smallest absolute Gasteiger partial charge is 0.0755 e. The van der Waals surface area contributed by atoms with E-state index >= 15 is 0 Å². The minimum absolute atomic E-state index is 0.197. The van der Waals surface area contributed by atoms with Crippen molar-refractivity contribution in [1.82, 2.24) is 0 Å². The van der Waals surface area contributed by atoms with Gasteiger partial charge in [-0.3, -0.25) is 0 Å². The van der Waals surface area contributed by atoms with Crippen molar-refractivity contribution in [3.8, 4) is 0 Å². The summed E-state index contributed by atoms with van der Waals surface area (Å²) in [7, 11) is 0. The van der Waals surface area contributed by atoms with Crippen molar-refractivity contribution in [2.45, 2.75) is 19.3 Å². The molecule has 2 N–H and O–H groups in total. The first-order chi connectivity index (χ1) is 7.70. The van der Waals surface area contributed by atoms with Gasteiger partial charge in [-0.15, -0.1) is 0 Å². The minimum Gasteiger partial charge on any atom is -0.545 e. The summed E-state index contributed by atoms with van der Waals surface area (Å²) in [6, 6.07) is 6.29. The molecule has 1 aromatic rings. The molecule has 3 nitrogen and oxygen atoms in total. The number of piperidine rings is 1. The van der Waals surface area contributed by atoms with E-state index in [0.717, 1.165) is 4.47 Å². The Morgan fingerprint density at radius 1 is 1.12 bits per heavy atom. The molecular formula is C12H16BrNO2. The topological polar surface area (TPSA) is 56.7 Å². The summed E-state index contributed by atoms with van der Waals surface area (Å²) >= 11 is 3.18. The van der Waals surface area contributed by atoms with E-state index in [1.165, 1.54) is 44.5 Å². The van der Waals surface area contributed by atoms with Gasteiger partial charge in [0.25, 0.3) is 0 Å². The third-order valence-corrected chi connectivity index (χ3v) is 2.93. The fourth-order valence-corrected chi connectivity index (χ4v) is 1.75. The molecule has 1 heterocycles. The molecule has 1 aromatic carbocycles. The standard InChI is InChI=1S/C7H5BrO2.C5H11N/c8-6-3-1-5(2-4-6)7(9)10;1-2-4-6-5-3-1/h1-4H,(H,9,10);6H,1-5H2. The maximum absolute atomic E-state index is 10.2. The molecular weight excluding hydrogens is 270 g/mol. The third-order valence-electron chi connectivity index (χ3n) is 2.40. The Morgan fingerprint density at radius 3 is 2.00 bits per heavy atom. The van der Waals surface area contributed by atoms with Gasteiger partial charge in [0, 0.05) is 4.47 Å². The lowest BCUT2D eigenvalue weighted by atomic mass is 10.2. The van der Waals surface area contributed by atoms with Crippen LogP contribution in [-0.2, 0) is 0 Å². The monoisotopic (exact) mass is 285 g/mol. The van der Waals surface area contributed by atoms with Gasteiger partial charge >= 0.3 is 0 Å². The SMILES string of the molecule is C1CC[NH2+]CC1.O=C([O-])c1ccc(Br)cc1. The summed E-state index contributed by atoms with van der Waals surface area (Å²) in [5.74, 6) is -1.15. The molecule has 0 spiro atoms. The van der Waals surface area contributed by atoms with E-state index in [1.807, 2.05) is 0 Å². The van der Waals surface area contributed by atoms with Crippen LogP contribution in [-0.4, -0.2) is 19.1 Å². The average molecular weight is 286 g/mol. The lowest BCUT2D eigenvalue weighted by Gasteiger charge is -2.05. The Morgan fingerprint density at radius 2 is 1.69 bits per heavy atom. The van der Waals surface area contributed by atoms with Crippen molar-refractivity contribution in [2.24, 2.45) is 0 Å². The number of carboxylic acid groups (broad SMARTS) is 1. The summed E-state index contributed by atoms with van der Waals surface area (Å²) in [6.07, 6.45) is 4.36. The van der Waals surface area contributed by atoms with Gasteiger partial charge in [-0.25, -0.2) is 0 Å². The van der Waals surface area contributed by atoms with E-state index in [9.17, 15) is 9.90 Å². The number of rotatable bonds is 1. The molecule has 88 valence electrons. The molecule has 0 aromatic heterocycles. The van der Waals surface area contributed by atoms with Crippen LogP contribution in [0.2, 0.25) is 0 Å². The van der Waals surface area contributed by atoms with E-state index in [1.54, 1.807) is 12.1 Å². The van der Waals surface area contributed by atoms with Crippen LogP contribution in [0.1, 0.15) is 29.6 Å². The van der Waals surface area contributed by atoms with E-state index in [0.29, 0.717) is 0 Å². The molecule has 4 heteroatoms. The number of hydrogen-bond donors (Lipinski definition) is 1. The second kappa shape index (κ2) is 7.41. The first kappa shape index (κ1) is 13.2. The number of carbonyl (C=O) groups is 1. The van der Waals surface area contributed by atoms with Crippen molar-refractivity contribution < 1.29 is 15.2 Å². The molecule has 0 atom stereocenters. The van der Waals surface area contributed by atoms with Crippen LogP contribution in [0.4, 0.5) is 0 Å². The van der Waals surface area contributed by atoms with Gasteiger partial charge in [0.1, 0.15) is 0 Å². The van der Waals surface area contributed by atoms with E-state index in [-0.39, 0.29) is 5.56 Å². The Balaban J connectivity index is 0.000000181. The number of aromatic carboxylic acids is 1. The molecule has 2 rings (SSSR count). The maximum Gasteiger partial charge on any atom is 0.0755 e. The van der Waals surface area contributed by atoms with Crippen molar-refractivity contribution in [3.63, 3.8) is 0 Å². The molecule has 16 heavy (non-hydrogen) atoms. The fourth-order valence-electron chi connectivity index (χ4n) is 1.48.